The molecule has 0 aliphatic rings. The zero-order valence-electron chi connectivity index (χ0n) is 13.2. The number of aryl methyl sites for hydroxylation is 2. The van der Waals surface area contributed by atoms with Crippen molar-refractivity contribution >= 4 is 5.96 Å². The van der Waals surface area contributed by atoms with Crippen LogP contribution in [-0.4, -0.2) is 19.6 Å². The molecule has 0 amide bonds. The molecule has 0 fully saturated rings. The lowest BCUT2D eigenvalue weighted by atomic mass is 10.1. The second-order valence-electron chi connectivity index (χ2n) is 5.13. The van der Waals surface area contributed by atoms with E-state index in [9.17, 15) is 4.39 Å². The zero-order chi connectivity index (χ0) is 15.9. The minimum atomic E-state index is -0.170. The minimum absolute atomic E-state index is 0.170. The zero-order valence-corrected chi connectivity index (χ0v) is 13.2. The fraction of sp³-hybridized carbons (Fsp3) is 0.353. The highest BCUT2D eigenvalue weighted by Crippen LogP contribution is 2.13. The van der Waals surface area contributed by atoms with Crippen LogP contribution in [0, 0.1) is 19.7 Å². The number of nitrogens with zero attached hydrogens (tertiary/aromatic N) is 1. The van der Waals surface area contributed by atoms with Gasteiger partial charge in [0.1, 0.15) is 17.3 Å². The second-order valence-corrected chi connectivity index (χ2v) is 5.13. The Hall–Kier alpha value is -2.30. The Bertz CT molecular complexity index is 649. The van der Waals surface area contributed by atoms with Crippen molar-refractivity contribution in [2.24, 2.45) is 4.99 Å². The van der Waals surface area contributed by atoms with Crippen LogP contribution in [0.25, 0.3) is 0 Å². The predicted molar refractivity (Wildman–Crippen MR) is 86.5 cm³/mol. The van der Waals surface area contributed by atoms with Crippen LogP contribution >= 0.6 is 0 Å². The number of halogens is 1. The van der Waals surface area contributed by atoms with E-state index in [1.165, 1.54) is 6.07 Å². The fourth-order valence-electron chi connectivity index (χ4n) is 2.28. The summed E-state index contributed by atoms with van der Waals surface area (Å²) in [6.45, 7) is 5.13. The summed E-state index contributed by atoms with van der Waals surface area (Å²) in [7, 11) is 1.71. The molecular weight excluding hydrogens is 281 g/mol. The minimum Gasteiger partial charge on any atom is -0.466 e. The third kappa shape index (κ3) is 4.35. The molecular formula is C17H22FN3O. The standard InChI is InChI=1S/C17H22FN3O/c1-12-10-15(13(2)22-12)11-21-17(19-3)20-9-8-14-6-4-5-7-16(14)18/h4-7,10H,8-9,11H2,1-3H3,(H2,19,20,21). The Morgan fingerprint density at radius 2 is 1.95 bits per heavy atom. The van der Waals surface area contributed by atoms with Gasteiger partial charge in [0.2, 0.25) is 0 Å². The third-order valence-corrected chi connectivity index (χ3v) is 3.46. The Morgan fingerprint density at radius 3 is 2.59 bits per heavy atom. The van der Waals surface area contributed by atoms with Gasteiger partial charge in [-0.15, -0.1) is 0 Å². The summed E-state index contributed by atoms with van der Waals surface area (Å²) < 4.78 is 19.0. The number of rotatable bonds is 5. The van der Waals surface area contributed by atoms with E-state index in [0.29, 0.717) is 31.0 Å². The van der Waals surface area contributed by atoms with Crippen molar-refractivity contribution in [2.75, 3.05) is 13.6 Å². The lowest BCUT2D eigenvalue weighted by Crippen LogP contribution is -2.38. The molecule has 1 aromatic carbocycles. The highest BCUT2D eigenvalue weighted by atomic mass is 19.1. The van der Waals surface area contributed by atoms with E-state index in [2.05, 4.69) is 15.6 Å². The van der Waals surface area contributed by atoms with Crippen LogP contribution in [0.1, 0.15) is 22.6 Å². The first-order chi connectivity index (χ1) is 10.6. The molecule has 2 N–H and O–H groups in total. The Labute approximate surface area is 130 Å². The predicted octanol–water partition coefficient (Wildman–Crippen LogP) is 2.94. The third-order valence-electron chi connectivity index (χ3n) is 3.46. The van der Waals surface area contributed by atoms with Gasteiger partial charge in [-0.25, -0.2) is 4.39 Å². The molecule has 2 rings (SSSR count). The van der Waals surface area contributed by atoms with Crippen molar-refractivity contribution in [3.63, 3.8) is 0 Å². The first-order valence-electron chi connectivity index (χ1n) is 7.34. The smallest absolute Gasteiger partial charge is 0.191 e. The van der Waals surface area contributed by atoms with Crippen LogP contribution in [0.4, 0.5) is 4.39 Å². The topological polar surface area (TPSA) is 49.6 Å². The van der Waals surface area contributed by atoms with Crippen molar-refractivity contribution in [3.05, 3.63) is 58.8 Å². The molecule has 0 spiro atoms. The Kier molecular flexibility index (Phi) is 5.58. The normalized spacial score (nSPS) is 11.5. The van der Waals surface area contributed by atoms with Gasteiger partial charge in [0.05, 0.1) is 0 Å². The molecule has 0 aliphatic heterocycles. The largest absolute Gasteiger partial charge is 0.466 e. The summed E-state index contributed by atoms with van der Waals surface area (Å²) in [5, 5.41) is 6.41. The van der Waals surface area contributed by atoms with E-state index in [4.69, 9.17) is 4.42 Å². The maximum Gasteiger partial charge on any atom is 0.191 e. The van der Waals surface area contributed by atoms with Gasteiger partial charge >= 0.3 is 0 Å². The number of nitrogens with one attached hydrogen (secondary N) is 2. The van der Waals surface area contributed by atoms with Crippen LogP contribution in [-0.2, 0) is 13.0 Å². The van der Waals surface area contributed by atoms with E-state index in [1.807, 2.05) is 26.0 Å². The summed E-state index contributed by atoms with van der Waals surface area (Å²) in [5.74, 6) is 2.33. The molecule has 0 saturated heterocycles. The number of aliphatic imine (C=N–C) groups is 1. The maximum absolute atomic E-state index is 13.5. The molecule has 0 radical (unpaired) electrons. The first kappa shape index (κ1) is 16.1. The number of guanidine groups is 1. The van der Waals surface area contributed by atoms with Gasteiger partial charge in [0.25, 0.3) is 0 Å². The second kappa shape index (κ2) is 7.64. The van der Waals surface area contributed by atoms with Crippen LogP contribution in [0.5, 0.6) is 0 Å². The van der Waals surface area contributed by atoms with Crippen molar-refractivity contribution < 1.29 is 8.81 Å². The molecule has 0 atom stereocenters. The van der Waals surface area contributed by atoms with Gasteiger partial charge in [-0.2, -0.15) is 0 Å². The van der Waals surface area contributed by atoms with E-state index in [-0.39, 0.29) is 5.82 Å². The summed E-state index contributed by atoms with van der Waals surface area (Å²) in [6, 6.07) is 8.82. The molecule has 22 heavy (non-hydrogen) atoms. The number of benzene rings is 1. The molecule has 0 saturated carbocycles. The van der Waals surface area contributed by atoms with Crippen molar-refractivity contribution in [1.82, 2.24) is 10.6 Å². The summed E-state index contributed by atoms with van der Waals surface area (Å²) in [5.41, 5.74) is 1.81. The van der Waals surface area contributed by atoms with Gasteiger partial charge in [-0.3, -0.25) is 4.99 Å². The van der Waals surface area contributed by atoms with E-state index in [1.54, 1.807) is 19.2 Å². The monoisotopic (exact) mass is 303 g/mol. The van der Waals surface area contributed by atoms with Crippen LogP contribution in [0.2, 0.25) is 0 Å². The highest BCUT2D eigenvalue weighted by Gasteiger charge is 2.06. The summed E-state index contributed by atoms with van der Waals surface area (Å²) in [6.07, 6.45) is 0.608. The molecule has 118 valence electrons. The van der Waals surface area contributed by atoms with E-state index in [0.717, 1.165) is 17.1 Å². The van der Waals surface area contributed by atoms with Crippen molar-refractivity contribution in [3.8, 4) is 0 Å². The quantitative estimate of drug-likeness (QED) is 0.659. The molecule has 5 heteroatoms. The lowest BCUT2D eigenvalue weighted by molar-refractivity contribution is 0.500. The van der Waals surface area contributed by atoms with Gasteiger partial charge in [0.15, 0.2) is 5.96 Å². The van der Waals surface area contributed by atoms with E-state index >= 15 is 0 Å². The average Bonchev–Trinajstić information content (AvgIpc) is 2.82. The number of hydrogen-bond acceptors (Lipinski definition) is 2. The molecule has 0 unspecified atom stereocenters. The Morgan fingerprint density at radius 1 is 1.18 bits per heavy atom. The molecule has 1 heterocycles. The highest BCUT2D eigenvalue weighted by molar-refractivity contribution is 5.79. The van der Waals surface area contributed by atoms with Gasteiger partial charge in [0, 0.05) is 25.7 Å². The average molecular weight is 303 g/mol. The number of hydrogen-bond donors (Lipinski definition) is 2. The molecule has 2 aromatic rings. The van der Waals surface area contributed by atoms with Crippen LogP contribution < -0.4 is 10.6 Å². The van der Waals surface area contributed by atoms with Crippen molar-refractivity contribution in [2.45, 2.75) is 26.8 Å². The Balaban J connectivity index is 1.81. The van der Waals surface area contributed by atoms with Crippen LogP contribution in [0.3, 0.4) is 0 Å². The SMILES string of the molecule is CN=C(NCCc1ccccc1F)NCc1cc(C)oc1C. The molecule has 0 bridgehead atoms. The summed E-state index contributed by atoms with van der Waals surface area (Å²) in [4.78, 5) is 4.16. The molecule has 1 aromatic heterocycles. The lowest BCUT2D eigenvalue weighted by Gasteiger charge is -2.11. The fourth-order valence-corrected chi connectivity index (χ4v) is 2.28. The maximum atomic E-state index is 13.5. The van der Waals surface area contributed by atoms with Gasteiger partial charge < -0.3 is 15.1 Å². The van der Waals surface area contributed by atoms with Crippen LogP contribution in [0.15, 0.2) is 39.7 Å². The first-order valence-corrected chi connectivity index (χ1v) is 7.34. The molecule has 4 nitrogen and oxygen atoms in total. The summed E-state index contributed by atoms with van der Waals surface area (Å²) >= 11 is 0. The van der Waals surface area contributed by atoms with E-state index < -0.39 is 0 Å². The van der Waals surface area contributed by atoms with Gasteiger partial charge in [-0.1, -0.05) is 18.2 Å². The molecule has 0 aliphatic carbocycles. The van der Waals surface area contributed by atoms with Gasteiger partial charge in [-0.05, 0) is 38.0 Å². The number of furan rings is 1. The van der Waals surface area contributed by atoms with Crippen molar-refractivity contribution in [1.29, 1.82) is 0 Å².